The summed E-state index contributed by atoms with van der Waals surface area (Å²) < 4.78 is 1.19. The summed E-state index contributed by atoms with van der Waals surface area (Å²) in [5, 5.41) is 6.42. The van der Waals surface area contributed by atoms with E-state index in [4.69, 9.17) is 0 Å². The molecule has 2 N–H and O–H groups in total. The fraction of sp³-hybridized carbons (Fsp3) is 0.562. The van der Waals surface area contributed by atoms with Gasteiger partial charge in [0.2, 0.25) is 5.91 Å². The summed E-state index contributed by atoms with van der Waals surface area (Å²) in [5.41, 5.74) is 2.03. The summed E-state index contributed by atoms with van der Waals surface area (Å²) >= 11 is 2.28. The number of halogens is 1. The molecule has 116 valence electrons. The van der Waals surface area contributed by atoms with Crippen LogP contribution in [0.1, 0.15) is 25.3 Å². The highest BCUT2D eigenvalue weighted by Gasteiger charge is 2.23. The Labute approximate surface area is 140 Å². The third kappa shape index (κ3) is 4.93. The van der Waals surface area contributed by atoms with Crippen molar-refractivity contribution >= 4 is 34.2 Å². The number of amides is 1. The van der Waals surface area contributed by atoms with Gasteiger partial charge in [0.25, 0.3) is 0 Å². The van der Waals surface area contributed by atoms with Gasteiger partial charge in [0.05, 0.1) is 6.54 Å². The molecule has 5 heteroatoms. The van der Waals surface area contributed by atoms with Gasteiger partial charge >= 0.3 is 0 Å². The lowest BCUT2D eigenvalue weighted by Gasteiger charge is -2.27. The lowest BCUT2D eigenvalue weighted by Crippen LogP contribution is -2.42. The molecule has 1 aliphatic heterocycles. The van der Waals surface area contributed by atoms with Crippen LogP contribution in [0.25, 0.3) is 0 Å². The van der Waals surface area contributed by atoms with E-state index in [2.05, 4.69) is 51.1 Å². The van der Waals surface area contributed by atoms with E-state index in [-0.39, 0.29) is 5.91 Å². The van der Waals surface area contributed by atoms with Crippen molar-refractivity contribution in [3.8, 4) is 0 Å². The van der Waals surface area contributed by atoms with Crippen molar-refractivity contribution in [2.24, 2.45) is 0 Å². The summed E-state index contributed by atoms with van der Waals surface area (Å²) in [4.78, 5) is 14.6. The second-order valence-electron chi connectivity index (χ2n) is 5.62. The minimum Gasteiger partial charge on any atom is -0.325 e. The highest BCUT2D eigenvalue weighted by molar-refractivity contribution is 14.1. The highest BCUT2D eigenvalue weighted by atomic mass is 127. The molecule has 2 rings (SSSR count). The fourth-order valence-corrected chi connectivity index (χ4v) is 3.42. The van der Waals surface area contributed by atoms with Gasteiger partial charge in [-0.05, 0) is 79.2 Å². The van der Waals surface area contributed by atoms with Crippen LogP contribution in [0.5, 0.6) is 0 Å². The smallest absolute Gasteiger partial charge is 0.238 e. The van der Waals surface area contributed by atoms with Gasteiger partial charge in [-0.15, -0.1) is 0 Å². The lowest BCUT2D eigenvalue weighted by molar-refractivity contribution is -0.117. The van der Waals surface area contributed by atoms with Gasteiger partial charge in [0.15, 0.2) is 0 Å². The summed E-state index contributed by atoms with van der Waals surface area (Å²) in [7, 11) is 0. The number of hydrogen-bond acceptors (Lipinski definition) is 3. The van der Waals surface area contributed by atoms with Gasteiger partial charge in [-0.3, -0.25) is 9.69 Å². The predicted octanol–water partition coefficient (Wildman–Crippen LogP) is 2.61. The van der Waals surface area contributed by atoms with E-state index >= 15 is 0 Å². The first-order chi connectivity index (χ1) is 10.1. The maximum absolute atomic E-state index is 12.3. The minimum atomic E-state index is 0.0830. The molecule has 0 saturated carbocycles. The molecule has 1 aliphatic rings. The Morgan fingerprint density at radius 3 is 2.95 bits per heavy atom. The first-order valence-electron chi connectivity index (χ1n) is 7.61. The number of hydrogen-bond donors (Lipinski definition) is 2. The van der Waals surface area contributed by atoms with Crippen molar-refractivity contribution in [3.63, 3.8) is 0 Å². The van der Waals surface area contributed by atoms with Gasteiger partial charge in [-0.25, -0.2) is 0 Å². The molecule has 1 saturated heterocycles. The summed E-state index contributed by atoms with van der Waals surface area (Å²) in [6.45, 7) is 7.70. The Morgan fingerprint density at radius 2 is 2.33 bits per heavy atom. The van der Waals surface area contributed by atoms with Crippen LogP contribution in [0.15, 0.2) is 18.2 Å². The normalized spacial score (nSPS) is 18.2. The number of nitrogens with zero attached hydrogens (tertiary/aromatic N) is 1. The van der Waals surface area contributed by atoms with Crippen molar-refractivity contribution in [1.29, 1.82) is 0 Å². The van der Waals surface area contributed by atoms with Gasteiger partial charge < -0.3 is 10.6 Å². The number of aryl methyl sites for hydroxylation is 1. The van der Waals surface area contributed by atoms with E-state index in [1.807, 2.05) is 19.1 Å². The number of rotatable bonds is 6. The van der Waals surface area contributed by atoms with Crippen LogP contribution in [0.2, 0.25) is 0 Å². The first-order valence-corrected chi connectivity index (χ1v) is 8.68. The molecule has 0 radical (unpaired) electrons. The van der Waals surface area contributed by atoms with Crippen molar-refractivity contribution in [3.05, 3.63) is 27.3 Å². The summed E-state index contributed by atoms with van der Waals surface area (Å²) in [6.07, 6.45) is 2.21. The van der Waals surface area contributed by atoms with Crippen LogP contribution in [0.3, 0.4) is 0 Å². The quantitative estimate of drug-likeness (QED) is 0.721. The van der Waals surface area contributed by atoms with Crippen molar-refractivity contribution in [1.82, 2.24) is 10.2 Å². The Kier molecular flexibility index (Phi) is 6.44. The average molecular weight is 401 g/mol. The predicted molar refractivity (Wildman–Crippen MR) is 95.7 cm³/mol. The third-order valence-electron chi connectivity index (χ3n) is 3.87. The second-order valence-corrected chi connectivity index (χ2v) is 6.87. The number of nitrogens with one attached hydrogen (secondary N) is 2. The first kappa shape index (κ1) is 16.7. The molecule has 1 atom stereocenters. The molecular formula is C16H24IN3O. The molecule has 1 amide bonds. The monoisotopic (exact) mass is 401 g/mol. The summed E-state index contributed by atoms with van der Waals surface area (Å²) in [6, 6.07) is 6.58. The van der Waals surface area contributed by atoms with Gasteiger partial charge in [-0.2, -0.15) is 0 Å². The molecule has 0 aliphatic carbocycles. The second kappa shape index (κ2) is 8.10. The minimum absolute atomic E-state index is 0.0830. The van der Waals surface area contributed by atoms with E-state index < -0.39 is 0 Å². The van der Waals surface area contributed by atoms with E-state index in [1.54, 1.807) is 0 Å². The van der Waals surface area contributed by atoms with Crippen LogP contribution in [-0.2, 0) is 4.79 Å². The molecule has 0 aromatic heterocycles. The molecule has 1 aromatic carbocycles. The Morgan fingerprint density at radius 1 is 1.52 bits per heavy atom. The van der Waals surface area contributed by atoms with Crippen molar-refractivity contribution in [2.45, 2.75) is 32.7 Å². The topological polar surface area (TPSA) is 44.4 Å². The molecule has 0 spiro atoms. The molecule has 0 bridgehead atoms. The molecule has 1 unspecified atom stereocenters. The summed E-state index contributed by atoms with van der Waals surface area (Å²) in [5.74, 6) is 0.0830. The fourth-order valence-electron chi connectivity index (χ4n) is 2.77. The Hall–Kier alpha value is -0.660. The zero-order valence-corrected chi connectivity index (χ0v) is 14.9. The Balaban J connectivity index is 1.95. The van der Waals surface area contributed by atoms with E-state index in [0.29, 0.717) is 12.6 Å². The average Bonchev–Trinajstić information content (AvgIpc) is 2.95. The number of anilines is 1. The van der Waals surface area contributed by atoms with Crippen LogP contribution in [0.4, 0.5) is 5.69 Å². The molecular weight excluding hydrogens is 377 g/mol. The molecule has 1 heterocycles. The van der Waals surface area contributed by atoms with Gasteiger partial charge in [0.1, 0.15) is 0 Å². The largest absolute Gasteiger partial charge is 0.325 e. The van der Waals surface area contributed by atoms with Crippen LogP contribution >= 0.6 is 22.6 Å². The zero-order chi connectivity index (χ0) is 15.2. The number of carbonyl (C=O) groups excluding carboxylic acids is 1. The highest BCUT2D eigenvalue weighted by Crippen LogP contribution is 2.18. The Bertz CT molecular complexity index is 486. The zero-order valence-electron chi connectivity index (χ0n) is 12.8. The maximum Gasteiger partial charge on any atom is 0.238 e. The third-order valence-corrected chi connectivity index (χ3v) is 4.54. The van der Waals surface area contributed by atoms with E-state index in [0.717, 1.165) is 43.7 Å². The molecule has 1 aromatic rings. The van der Waals surface area contributed by atoms with Gasteiger partial charge in [0, 0.05) is 21.8 Å². The van der Waals surface area contributed by atoms with Crippen molar-refractivity contribution in [2.75, 3.05) is 31.5 Å². The molecule has 4 nitrogen and oxygen atoms in total. The SMILES string of the molecule is CCCN(CC(=O)Nc1ccc(I)cc1C)C1CCNC1. The number of benzene rings is 1. The number of carbonyl (C=O) groups is 1. The molecule has 1 fully saturated rings. The van der Waals surface area contributed by atoms with Crippen LogP contribution in [0, 0.1) is 10.5 Å². The van der Waals surface area contributed by atoms with Crippen molar-refractivity contribution < 1.29 is 4.79 Å². The van der Waals surface area contributed by atoms with Crippen LogP contribution < -0.4 is 10.6 Å². The van der Waals surface area contributed by atoms with E-state index in [9.17, 15) is 4.79 Å². The molecule has 21 heavy (non-hydrogen) atoms. The maximum atomic E-state index is 12.3. The van der Waals surface area contributed by atoms with Crippen LogP contribution in [-0.4, -0.2) is 43.0 Å². The standard InChI is InChI=1S/C16H24IN3O/c1-3-8-20(14-6-7-18-10-14)11-16(21)19-15-5-4-13(17)9-12(15)2/h4-5,9,14,18H,3,6-8,10-11H2,1-2H3,(H,19,21). The van der Waals surface area contributed by atoms with Gasteiger partial charge in [-0.1, -0.05) is 6.92 Å². The lowest BCUT2D eigenvalue weighted by atomic mass is 10.2. The van der Waals surface area contributed by atoms with E-state index in [1.165, 1.54) is 3.57 Å².